The van der Waals surface area contributed by atoms with E-state index in [4.69, 9.17) is 0 Å². The van der Waals surface area contributed by atoms with Crippen LogP contribution in [0.1, 0.15) is 73.1 Å². The molecular weight excluding hydrogens is 182 g/mol. The van der Waals surface area contributed by atoms with Crippen LogP contribution in [0.3, 0.4) is 0 Å². The summed E-state index contributed by atoms with van der Waals surface area (Å²) in [4.78, 5) is 0. The maximum atomic E-state index is 3.60. The smallest absolute Gasteiger partial charge is 0.00106 e. The first kappa shape index (κ1) is 15.0. The molecule has 0 spiro atoms. The molecule has 0 saturated carbocycles. The van der Waals surface area contributed by atoms with Crippen LogP contribution >= 0.6 is 0 Å². The van der Waals surface area contributed by atoms with Crippen molar-refractivity contribution in [3.63, 3.8) is 0 Å². The number of nitrogens with one attached hydrogen (secondary N) is 1. The highest BCUT2D eigenvalue weighted by molar-refractivity contribution is 4.77. The molecule has 0 amide bonds. The van der Waals surface area contributed by atoms with Gasteiger partial charge in [-0.2, -0.15) is 0 Å². The highest BCUT2D eigenvalue weighted by atomic mass is 14.9. The van der Waals surface area contributed by atoms with Crippen molar-refractivity contribution < 1.29 is 0 Å². The van der Waals surface area contributed by atoms with Gasteiger partial charge in [-0.1, -0.05) is 60.3 Å². The first-order valence-corrected chi connectivity index (χ1v) is 6.77. The van der Waals surface area contributed by atoms with Crippen molar-refractivity contribution in [2.24, 2.45) is 5.41 Å². The summed E-state index contributed by atoms with van der Waals surface area (Å²) in [6.45, 7) is 12.7. The third-order valence-electron chi connectivity index (χ3n) is 3.17. The second-order valence-corrected chi connectivity index (χ2v) is 5.55. The molecule has 0 aliphatic heterocycles. The van der Waals surface area contributed by atoms with E-state index in [1.54, 1.807) is 0 Å². The van der Waals surface area contributed by atoms with E-state index in [1.807, 2.05) is 0 Å². The van der Waals surface area contributed by atoms with Crippen LogP contribution in [0, 0.1) is 5.41 Å². The molecule has 1 atom stereocenters. The molecule has 15 heavy (non-hydrogen) atoms. The Kier molecular flexibility index (Phi) is 8.13. The van der Waals surface area contributed by atoms with E-state index in [0.717, 1.165) is 0 Å². The molecule has 0 aromatic rings. The SMILES string of the molecule is CCCCCC(C)(CCC)CNC(C)C. The van der Waals surface area contributed by atoms with E-state index in [-0.39, 0.29) is 0 Å². The molecule has 0 rings (SSSR count). The van der Waals surface area contributed by atoms with Crippen molar-refractivity contribution in [2.75, 3.05) is 6.54 Å². The molecule has 0 aromatic carbocycles. The average Bonchev–Trinajstić information content (AvgIpc) is 2.16. The van der Waals surface area contributed by atoms with Gasteiger partial charge in [0.1, 0.15) is 0 Å². The Morgan fingerprint density at radius 3 is 2.13 bits per heavy atom. The van der Waals surface area contributed by atoms with Crippen molar-refractivity contribution in [3.8, 4) is 0 Å². The van der Waals surface area contributed by atoms with Crippen LogP contribution < -0.4 is 5.32 Å². The standard InChI is InChI=1S/C14H31N/c1-6-8-9-11-14(5,10-7-2)12-15-13(3)4/h13,15H,6-12H2,1-5H3. The predicted molar refractivity (Wildman–Crippen MR) is 70.3 cm³/mol. The maximum absolute atomic E-state index is 3.60. The molecule has 0 saturated heterocycles. The summed E-state index contributed by atoms with van der Waals surface area (Å²) in [5, 5.41) is 3.60. The molecule has 0 fully saturated rings. The molecule has 92 valence electrons. The first-order chi connectivity index (χ1) is 7.04. The lowest BCUT2D eigenvalue weighted by Crippen LogP contribution is -2.35. The van der Waals surface area contributed by atoms with Crippen molar-refractivity contribution in [2.45, 2.75) is 79.2 Å². The summed E-state index contributed by atoms with van der Waals surface area (Å²) in [5.41, 5.74) is 0.522. The van der Waals surface area contributed by atoms with Gasteiger partial charge in [-0.05, 0) is 18.3 Å². The predicted octanol–water partition coefficient (Wildman–Crippen LogP) is 4.37. The summed E-state index contributed by atoms with van der Waals surface area (Å²) in [6, 6.07) is 0.618. The van der Waals surface area contributed by atoms with Gasteiger partial charge in [0.2, 0.25) is 0 Å². The van der Waals surface area contributed by atoms with Gasteiger partial charge in [-0.25, -0.2) is 0 Å². The minimum Gasteiger partial charge on any atom is -0.314 e. The normalized spacial score (nSPS) is 15.6. The van der Waals surface area contributed by atoms with Gasteiger partial charge in [0.25, 0.3) is 0 Å². The second-order valence-electron chi connectivity index (χ2n) is 5.55. The van der Waals surface area contributed by atoms with Crippen LogP contribution in [0.15, 0.2) is 0 Å². The van der Waals surface area contributed by atoms with Crippen LogP contribution in [0.5, 0.6) is 0 Å². The number of hydrogen-bond acceptors (Lipinski definition) is 1. The average molecular weight is 213 g/mol. The Bertz CT molecular complexity index is 142. The Labute approximate surface area is 97.0 Å². The lowest BCUT2D eigenvalue weighted by atomic mass is 9.80. The molecule has 1 N–H and O–H groups in total. The van der Waals surface area contributed by atoms with Gasteiger partial charge in [-0.3, -0.25) is 0 Å². The topological polar surface area (TPSA) is 12.0 Å². The molecule has 1 unspecified atom stereocenters. The van der Waals surface area contributed by atoms with Gasteiger partial charge in [-0.15, -0.1) is 0 Å². The van der Waals surface area contributed by atoms with Crippen molar-refractivity contribution in [1.29, 1.82) is 0 Å². The molecule has 0 aliphatic rings. The Hall–Kier alpha value is -0.0400. The second kappa shape index (κ2) is 8.15. The summed E-state index contributed by atoms with van der Waals surface area (Å²) in [7, 11) is 0. The largest absolute Gasteiger partial charge is 0.314 e. The quantitative estimate of drug-likeness (QED) is 0.561. The molecule has 0 radical (unpaired) electrons. The highest BCUT2D eigenvalue weighted by Gasteiger charge is 2.22. The third-order valence-corrected chi connectivity index (χ3v) is 3.17. The lowest BCUT2D eigenvalue weighted by Gasteiger charge is -2.31. The Balaban J connectivity index is 3.94. The van der Waals surface area contributed by atoms with E-state index in [0.29, 0.717) is 11.5 Å². The molecule has 0 heterocycles. The summed E-state index contributed by atoms with van der Waals surface area (Å²) in [5.74, 6) is 0. The Morgan fingerprint density at radius 1 is 1.00 bits per heavy atom. The fraction of sp³-hybridized carbons (Fsp3) is 1.00. The molecule has 0 aliphatic carbocycles. The fourth-order valence-corrected chi connectivity index (χ4v) is 2.16. The maximum Gasteiger partial charge on any atom is 0.00106 e. The van der Waals surface area contributed by atoms with E-state index in [2.05, 4.69) is 39.9 Å². The van der Waals surface area contributed by atoms with Gasteiger partial charge >= 0.3 is 0 Å². The minimum absolute atomic E-state index is 0.522. The number of rotatable bonds is 9. The van der Waals surface area contributed by atoms with E-state index in [1.165, 1.54) is 45.1 Å². The summed E-state index contributed by atoms with van der Waals surface area (Å²) in [6.07, 6.45) is 8.17. The summed E-state index contributed by atoms with van der Waals surface area (Å²) >= 11 is 0. The lowest BCUT2D eigenvalue weighted by molar-refractivity contribution is 0.240. The zero-order valence-corrected chi connectivity index (χ0v) is 11.5. The fourth-order valence-electron chi connectivity index (χ4n) is 2.16. The zero-order valence-electron chi connectivity index (χ0n) is 11.5. The van der Waals surface area contributed by atoms with E-state index >= 15 is 0 Å². The van der Waals surface area contributed by atoms with Crippen molar-refractivity contribution >= 4 is 0 Å². The van der Waals surface area contributed by atoms with Gasteiger partial charge in [0.15, 0.2) is 0 Å². The van der Waals surface area contributed by atoms with Gasteiger partial charge < -0.3 is 5.32 Å². The first-order valence-electron chi connectivity index (χ1n) is 6.77. The minimum atomic E-state index is 0.522. The molecule has 0 aromatic heterocycles. The van der Waals surface area contributed by atoms with Crippen molar-refractivity contribution in [3.05, 3.63) is 0 Å². The molecule has 0 bridgehead atoms. The highest BCUT2D eigenvalue weighted by Crippen LogP contribution is 2.29. The third kappa shape index (κ3) is 7.84. The van der Waals surface area contributed by atoms with E-state index in [9.17, 15) is 0 Å². The van der Waals surface area contributed by atoms with Crippen LogP contribution in [0.4, 0.5) is 0 Å². The van der Waals surface area contributed by atoms with E-state index < -0.39 is 0 Å². The van der Waals surface area contributed by atoms with Crippen LogP contribution in [0.25, 0.3) is 0 Å². The number of hydrogen-bond donors (Lipinski definition) is 1. The molecule has 1 heteroatoms. The van der Waals surface area contributed by atoms with Crippen molar-refractivity contribution in [1.82, 2.24) is 5.32 Å². The molecule has 1 nitrogen and oxygen atoms in total. The summed E-state index contributed by atoms with van der Waals surface area (Å²) < 4.78 is 0. The van der Waals surface area contributed by atoms with Crippen LogP contribution in [-0.2, 0) is 0 Å². The van der Waals surface area contributed by atoms with Gasteiger partial charge in [0.05, 0.1) is 0 Å². The molecular formula is C14H31N. The van der Waals surface area contributed by atoms with Crippen LogP contribution in [-0.4, -0.2) is 12.6 Å². The Morgan fingerprint density at radius 2 is 1.67 bits per heavy atom. The number of unbranched alkanes of at least 4 members (excludes halogenated alkanes) is 2. The van der Waals surface area contributed by atoms with Gasteiger partial charge in [0, 0.05) is 12.6 Å². The van der Waals surface area contributed by atoms with Crippen LogP contribution in [0.2, 0.25) is 0 Å². The monoisotopic (exact) mass is 213 g/mol. The zero-order chi connectivity index (χ0) is 11.7.